The van der Waals surface area contributed by atoms with Gasteiger partial charge in [0.1, 0.15) is 11.6 Å². The lowest BCUT2D eigenvalue weighted by molar-refractivity contribution is -0.130. The maximum absolute atomic E-state index is 12.9. The summed E-state index contributed by atoms with van der Waals surface area (Å²) in [5.41, 5.74) is 0.783. The van der Waals surface area contributed by atoms with Crippen molar-refractivity contribution in [2.24, 2.45) is 11.8 Å². The van der Waals surface area contributed by atoms with Crippen LogP contribution < -0.4 is 16.0 Å². The molecule has 180 valence electrons. The van der Waals surface area contributed by atoms with Gasteiger partial charge in [0.25, 0.3) is 0 Å². The fraction of sp³-hybridized carbons (Fsp3) is 0.625. The van der Waals surface area contributed by atoms with Crippen molar-refractivity contribution in [2.45, 2.75) is 79.1 Å². The maximum Gasteiger partial charge on any atom is 0.407 e. The van der Waals surface area contributed by atoms with Gasteiger partial charge in [-0.1, -0.05) is 32.9 Å². The zero-order chi connectivity index (χ0) is 24.3. The van der Waals surface area contributed by atoms with Gasteiger partial charge in [0.2, 0.25) is 11.8 Å². The molecule has 0 unspecified atom stereocenters. The summed E-state index contributed by atoms with van der Waals surface area (Å²) in [6.07, 6.45) is 1.24. The molecule has 8 heteroatoms. The topological polar surface area (TPSA) is 117 Å². The third-order valence-electron chi connectivity index (χ3n) is 5.04. The van der Waals surface area contributed by atoms with Gasteiger partial charge in [0.05, 0.1) is 6.61 Å². The van der Waals surface area contributed by atoms with Gasteiger partial charge in [-0.2, -0.15) is 0 Å². The summed E-state index contributed by atoms with van der Waals surface area (Å²) in [7, 11) is 0. The number of benzene rings is 1. The molecule has 0 radical (unpaired) electrons. The van der Waals surface area contributed by atoms with Crippen LogP contribution in [-0.4, -0.2) is 41.2 Å². The molecule has 1 aromatic rings. The maximum atomic E-state index is 12.9. The molecule has 0 saturated heterocycles. The number of ether oxygens (including phenoxy) is 1. The van der Waals surface area contributed by atoms with Crippen molar-refractivity contribution in [3.05, 3.63) is 29.8 Å². The first-order valence-electron chi connectivity index (χ1n) is 11.2. The zero-order valence-corrected chi connectivity index (χ0v) is 20.2. The van der Waals surface area contributed by atoms with Crippen LogP contribution in [0.25, 0.3) is 0 Å². The quantitative estimate of drug-likeness (QED) is 0.385. The van der Waals surface area contributed by atoms with Crippen LogP contribution in [0, 0.1) is 11.8 Å². The van der Waals surface area contributed by atoms with E-state index in [1.807, 2.05) is 20.8 Å². The van der Waals surface area contributed by atoms with E-state index in [1.165, 1.54) is 0 Å². The normalized spacial score (nSPS) is 13.2. The minimum absolute atomic E-state index is 0.0721. The lowest BCUT2D eigenvalue weighted by atomic mass is 9.96. The standard InChI is InChI=1S/C24H39N3O5/c1-16(2)17(3)21(29)27-20(9-7-8-14-25-23(31)32-24(4,5)6)22(30)26-19-12-10-18(15-28)11-13-19/h10-13,16-17,20,28H,7-9,14-15H2,1-6H3,(H,25,31)(H,26,30)(H,27,29)/t17-,20-/m0/s1. The van der Waals surface area contributed by atoms with Crippen LogP contribution in [0.4, 0.5) is 10.5 Å². The molecule has 0 aliphatic heterocycles. The number of nitrogens with one attached hydrogen (secondary N) is 3. The number of alkyl carbamates (subject to hydrolysis) is 1. The van der Waals surface area contributed by atoms with Crippen molar-refractivity contribution >= 4 is 23.6 Å². The largest absolute Gasteiger partial charge is 0.444 e. The van der Waals surface area contributed by atoms with Crippen LogP contribution in [0.5, 0.6) is 0 Å². The van der Waals surface area contributed by atoms with Crippen LogP contribution in [0.2, 0.25) is 0 Å². The predicted molar refractivity (Wildman–Crippen MR) is 125 cm³/mol. The molecule has 32 heavy (non-hydrogen) atoms. The lowest BCUT2D eigenvalue weighted by Crippen LogP contribution is -2.46. The molecule has 4 N–H and O–H groups in total. The van der Waals surface area contributed by atoms with Gasteiger partial charge in [-0.3, -0.25) is 9.59 Å². The van der Waals surface area contributed by atoms with Gasteiger partial charge in [0.15, 0.2) is 0 Å². The molecule has 8 nitrogen and oxygen atoms in total. The smallest absolute Gasteiger partial charge is 0.407 e. The second-order valence-corrected chi connectivity index (χ2v) is 9.36. The molecule has 3 amide bonds. The molecule has 0 heterocycles. The van der Waals surface area contributed by atoms with E-state index in [1.54, 1.807) is 45.0 Å². The summed E-state index contributed by atoms with van der Waals surface area (Å²) in [5.74, 6) is -0.528. The molecule has 1 aromatic carbocycles. The molecular weight excluding hydrogens is 410 g/mol. The van der Waals surface area contributed by atoms with Crippen molar-refractivity contribution in [3.63, 3.8) is 0 Å². The SMILES string of the molecule is CC(C)[C@H](C)C(=O)N[C@@H](CCCCNC(=O)OC(C)(C)C)C(=O)Nc1ccc(CO)cc1. The number of anilines is 1. The molecular formula is C24H39N3O5. The molecule has 0 aliphatic carbocycles. The lowest BCUT2D eigenvalue weighted by Gasteiger charge is -2.22. The number of amides is 3. The van der Waals surface area contributed by atoms with Gasteiger partial charge in [-0.05, 0) is 63.6 Å². The fourth-order valence-corrected chi connectivity index (χ4v) is 2.78. The van der Waals surface area contributed by atoms with E-state index in [-0.39, 0.29) is 30.3 Å². The molecule has 0 saturated carbocycles. The third-order valence-corrected chi connectivity index (χ3v) is 5.04. The summed E-state index contributed by atoms with van der Waals surface area (Å²) in [6.45, 7) is 11.5. The van der Waals surface area contributed by atoms with Crippen molar-refractivity contribution in [1.29, 1.82) is 0 Å². The number of carbonyl (C=O) groups is 3. The second kappa shape index (κ2) is 13.1. The Bertz CT molecular complexity index is 741. The van der Waals surface area contributed by atoms with E-state index in [4.69, 9.17) is 9.84 Å². The van der Waals surface area contributed by atoms with E-state index in [9.17, 15) is 14.4 Å². The summed E-state index contributed by atoms with van der Waals surface area (Å²) in [5, 5.41) is 17.5. The van der Waals surface area contributed by atoms with E-state index < -0.39 is 17.7 Å². The molecule has 1 rings (SSSR count). The minimum Gasteiger partial charge on any atom is -0.444 e. The first kappa shape index (κ1) is 27.4. The Hall–Kier alpha value is -2.61. The first-order valence-corrected chi connectivity index (χ1v) is 11.2. The number of rotatable bonds is 11. The number of aliphatic hydroxyl groups excluding tert-OH is 1. The Morgan fingerprint density at radius 3 is 2.16 bits per heavy atom. The summed E-state index contributed by atoms with van der Waals surface area (Å²) < 4.78 is 5.20. The molecule has 0 bridgehead atoms. The number of unbranched alkanes of at least 4 members (excludes halogenated alkanes) is 1. The van der Waals surface area contributed by atoms with Gasteiger partial charge >= 0.3 is 6.09 Å². The minimum atomic E-state index is -0.692. The highest BCUT2D eigenvalue weighted by atomic mass is 16.6. The number of hydrogen-bond donors (Lipinski definition) is 4. The fourth-order valence-electron chi connectivity index (χ4n) is 2.78. The van der Waals surface area contributed by atoms with E-state index in [0.29, 0.717) is 31.5 Å². The Labute approximate surface area is 191 Å². The van der Waals surface area contributed by atoms with E-state index >= 15 is 0 Å². The number of carbonyl (C=O) groups excluding carboxylic acids is 3. The van der Waals surface area contributed by atoms with Gasteiger partial charge < -0.3 is 25.8 Å². The van der Waals surface area contributed by atoms with Crippen molar-refractivity contribution < 1.29 is 24.2 Å². The van der Waals surface area contributed by atoms with E-state index in [2.05, 4.69) is 16.0 Å². The number of hydrogen-bond acceptors (Lipinski definition) is 5. The van der Waals surface area contributed by atoms with Crippen LogP contribution >= 0.6 is 0 Å². The predicted octanol–water partition coefficient (Wildman–Crippen LogP) is 3.59. The van der Waals surface area contributed by atoms with Crippen LogP contribution in [0.15, 0.2) is 24.3 Å². The highest BCUT2D eigenvalue weighted by Gasteiger charge is 2.25. The molecule has 0 aromatic heterocycles. The zero-order valence-electron chi connectivity index (χ0n) is 20.2. The highest BCUT2D eigenvalue weighted by Crippen LogP contribution is 2.14. The van der Waals surface area contributed by atoms with E-state index in [0.717, 1.165) is 5.56 Å². The Morgan fingerprint density at radius 1 is 1.00 bits per heavy atom. The second-order valence-electron chi connectivity index (χ2n) is 9.36. The van der Waals surface area contributed by atoms with Crippen molar-refractivity contribution in [3.8, 4) is 0 Å². The average molecular weight is 450 g/mol. The number of aliphatic hydroxyl groups is 1. The Kier molecular flexibility index (Phi) is 11.2. The monoisotopic (exact) mass is 449 g/mol. The molecule has 2 atom stereocenters. The summed E-state index contributed by atoms with van der Waals surface area (Å²) in [4.78, 5) is 37.1. The molecule has 0 spiro atoms. The van der Waals surface area contributed by atoms with Crippen LogP contribution in [0.1, 0.15) is 66.4 Å². The third kappa shape index (κ3) is 10.6. The Balaban J connectivity index is 2.66. The first-order chi connectivity index (χ1) is 14.9. The van der Waals surface area contributed by atoms with Gasteiger partial charge in [-0.25, -0.2) is 4.79 Å². The average Bonchev–Trinajstić information content (AvgIpc) is 2.70. The summed E-state index contributed by atoms with van der Waals surface area (Å²) >= 11 is 0. The highest BCUT2D eigenvalue weighted by molar-refractivity contribution is 5.97. The summed E-state index contributed by atoms with van der Waals surface area (Å²) in [6, 6.07) is 6.19. The molecule has 0 aliphatic rings. The van der Waals surface area contributed by atoms with Crippen molar-refractivity contribution in [2.75, 3.05) is 11.9 Å². The van der Waals surface area contributed by atoms with Crippen LogP contribution in [-0.2, 0) is 20.9 Å². The van der Waals surface area contributed by atoms with Gasteiger partial charge in [-0.15, -0.1) is 0 Å². The van der Waals surface area contributed by atoms with Gasteiger partial charge in [0, 0.05) is 18.2 Å². The van der Waals surface area contributed by atoms with Crippen molar-refractivity contribution in [1.82, 2.24) is 10.6 Å². The molecule has 0 fully saturated rings. The Morgan fingerprint density at radius 2 is 1.62 bits per heavy atom. The van der Waals surface area contributed by atoms with Crippen LogP contribution in [0.3, 0.4) is 0 Å².